The zero-order valence-corrected chi connectivity index (χ0v) is 13.5. The molecule has 0 radical (unpaired) electrons. The Hall–Kier alpha value is -2.22. The molecule has 2 fully saturated rings. The fourth-order valence-corrected chi connectivity index (χ4v) is 3.30. The van der Waals surface area contributed by atoms with Crippen molar-refractivity contribution in [1.29, 1.82) is 0 Å². The third-order valence-corrected chi connectivity index (χ3v) is 4.96. The minimum absolute atomic E-state index is 0.0934. The van der Waals surface area contributed by atoms with Gasteiger partial charge in [0.05, 0.1) is 11.9 Å². The van der Waals surface area contributed by atoms with Crippen LogP contribution in [0.15, 0.2) is 23.8 Å². The van der Waals surface area contributed by atoms with Crippen LogP contribution < -0.4 is 15.1 Å². The molecule has 0 spiro atoms. The van der Waals surface area contributed by atoms with Crippen LogP contribution in [0.5, 0.6) is 0 Å². The van der Waals surface area contributed by atoms with Gasteiger partial charge >= 0.3 is 0 Å². The number of carbonyl (C=O) groups is 1. The molecule has 8 heteroatoms. The van der Waals surface area contributed by atoms with E-state index in [0.717, 1.165) is 49.8 Å². The zero-order valence-electron chi connectivity index (χ0n) is 12.7. The molecule has 0 unspecified atom stereocenters. The molecule has 1 saturated heterocycles. The van der Waals surface area contributed by atoms with Gasteiger partial charge in [0.15, 0.2) is 0 Å². The number of piperazine rings is 1. The van der Waals surface area contributed by atoms with Crippen molar-refractivity contribution < 1.29 is 4.79 Å². The summed E-state index contributed by atoms with van der Waals surface area (Å²) in [6.45, 7) is 3.70. The van der Waals surface area contributed by atoms with Crippen molar-refractivity contribution in [2.45, 2.75) is 12.8 Å². The summed E-state index contributed by atoms with van der Waals surface area (Å²) in [5.74, 6) is 0.930. The maximum absolute atomic E-state index is 11.7. The number of rotatable bonds is 4. The second-order valence-electron chi connectivity index (χ2n) is 5.86. The fourth-order valence-electron chi connectivity index (χ4n) is 2.68. The van der Waals surface area contributed by atoms with E-state index < -0.39 is 0 Å². The lowest BCUT2D eigenvalue weighted by Gasteiger charge is -2.35. The molecule has 120 valence electrons. The normalized spacial score (nSPS) is 18.1. The van der Waals surface area contributed by atoms with E-state index in [0.29, 0.717) is 5.82 Å². The Balaban J connectivity index is 1.34. The van der Waals surface area contributed by atoms with Crippen LogP contribution in [0.25, 0.3) is 0 Å². The molecule has 1 aliphatic carbocycles. The van der Waals surface area contributed by atoms with Crippen molar-refractivity contribution in [3.8, 4) is 0 Å². The summed E-state index contributed by atoms with van der Waals surface area (Å²) >= 11 is 1.57. The Kier molecular flexibility index (Phi) is 3.82. The van der Waals surface area contributed by atoms with Gasteiger partial charge in [0.1, 0.15) is 11.3 Å². The molecule has 4 rings (SSSR count). The van der Waals surface area contributed by atoms with Gasteiger partial charge in [-0.25, -0.2) is 4.98 Å². The summed E-state index contributed by atoms with van der Waals surface area (Å²) < 4.78 is 0. The number of anilines is 3. The molecule has 1 amide bonds. The van der Waals surface area contributed by atoms with Crippen LogP contribution in [0, 0.1) is 5.92 Å². The molecule has 23 heavy (non-hydrogen) atoms. The summed E-state index contributed by atoms with van der Waals surface area (Å²) in [5.41, 5.74) is 2.85. The number of nitrogens with one attached hydrogen (secondary N) is 1. The Morgan fingerprint density at radius 2 is 1.96 bits per heavy atom. The van der Waals surface area contributed by atoms with Crippen LogP contribution in [0.2, 0.25) is 0 Å². The van der Waals surface area contributed by atoms with Crippen molar-refractivity contribution in [2.24, 2.45) is 5.92 Å². The average Bonchev–Trinajstić information content (AvgIpc) is 3.31. The third-order valence-electron chi connectivity index (χ3n) is 4.21. The zero-order chi connectivity index (χ0) is 15.6. The Bertz CT molecular complexity index is 662. The summed E-state index contributed by atoms with van der Waals surface area (Å²) in [5, 5.41) is 11.9. The first-order chi connectivity index (χ1) is 11.3. The number of aromatic nitrogens is 3. The van der Waals surface area contributed by atoms with Crippen LogP contribution in [-0.4, -0.2) is 47.3 Å². The highest BCUT2D eigenvalue weighted by molar-refractivity contribution is 7.13. The maximum atomic E-state index is 11.7. The predicted octanol–water partition coefficient (Wildman–Crippen LogP) is 1.61. The van der Waals surface area contributed by atoms with Crippen LogP contribution in [0.1, 0.15) is 12.8 Å². The monoisotopic (exact) mass is 330 g/mol. The van der Waals surface area contributed by atoms with Crippen molar-refractivity contribution >= 4 is 33.9 Å². The van der Waals surface area contributed by atoms with E-state index in [1.54, 1.807) is 16.8 Å². The lowest BCUT2D eigenvalue weighted by molar-refractivity contribution is -0.117. The highest BCUT2D eigenvalue weighted by atomic mass is 32.1. The van der Waals surface area contributed by atoms with Crippen molar-refractivity contribution in [1.82, 2.24) is 15.2 Å². The van der Waals surface area contributed by atoms with E-state index in [2.05, 4.69) is 30.3 Å². The minimum atomic E-state index is 0.0934. The highest BCUT2D eigenvalue weighted by Gasteiger charge is 2.29. The van der Waals surface area contributed by atoms with Crippen LogP contribution in [-0.2, 0) is 4.79 Å². The second-order valence-corrected chi connectivity index (χ2v) is 6.67. The molecule has 2 aromatic heterocycles. The number of nitrogens with zero attached hydrogens (tertiary/aromatic N) is 5. The first-order valence-electron chi connectivity index (χ1n) is 7.82. The Morgan fingerprint density at radius 3 is 2.57 bits per heavy atom. The van der Waals surface area contributed by atoms with Gasteiger partial charge in [0.25, 0.3) is 0 Å². The van der Waals surface area contributed by atoms with Crippen molar-refractivity contribution in [3.05, 3.63) is 23.8 Å². The van der Waals surface area contributed by atoms with Gasteiger partial charge in [-0.15, -0.1) is 10.2 Å². The average molecular weight is 330 g/mol. The van der Waals surface area contributed by atoms with Gasteiger partial charge in [-0.2, -0.15) is 0 Å². The van der Waals surface area contributed by atoms with Gasteiger partial charge < -0.3 is 15.1 Å². The third kappa shape index (κ3) is 3.26. The number of hydrogen-bond donors (Lipinski definition) is 1. The molecular weight excluding hydrogens is 312 g/mol. The Morgan fingerprint density at radius 1 is 1.17 bits per heavy atom. The Labute approximate surface area is 138 Å². The van der Waals surface area contributed by atoms with Crippen LogP contribution in [0.3, 0.4) is 0 Å². The topological polar surface area (TPSA) is 74.2 Å². The summed E-state index contributed by atoms with van der Waals surface area (Å²) in [6.07, 6.45) is 3.84. The van der Waals surface area contributed by atoms with Gasteiger partial charge in [-0.1, -0.05) is 11.3 Å². The summed E-state index contributed by atoms with van der Waals surface area (Å²) in [4.78, 5) is 20.7. The lowest BCUT2D eigenvalue weighted by Crippen LogP contribution is -2.46. The molecule has 1 aliphatic heterocycles. The summed E-state index contributed by atoms with van der Waals surface area (Å²) in [7, 11) is 0. The van der Waals surface area contributed by atoms with Gasteiger partial charge in [-0.3, -0.25) is 4.79 Å². The molecule has 2 aromatic rings. The molecule has 0 bridgehead atoms. The lowest BCUT2D eigenvalue weighted by atomic mass is 10.3. The molecule has 3 heterocycles. The second kappa shape index (κ2) is 6.11. The van der Waals surface area contributed by atoms with Gasteiger partial charge in [0.2, 0.25) is 11.0 Å². The number of hydrogen-bond acceptors (Lipinski definition) is 7. The first kappa shape index (κ1) is 14.4. The number of pyridine rings is 1. The predicted molar refractivity (Wildman–Crippen MR) is 89.9 cm³/mol. The van der Waals surface area contributed by atoms with Gasteiger partial charge in [-0.05, 0) is 25.0 Å². The van der Waals surface area contributed by atoms with Crippen molar-refractivity contribution in [3.63, 3.8) is 0 Å². The van der Waals surface area contributed by atoms with Crippen molar-refractivity contribution in [2.75, 3.05) is 41.3 Å². The first-order valence-corrected chi connectivity index (χ1v) is 8.70. The van der Waals surface area contributed by atoms with E-state index in [-0.39, 0.29) is 11.8 Å². The molecule has 1 N–H and O–H groups in total. The molecule has 2 aliphatic rings. The van der Waals surface area contributed by atoms with E-state index in [1.807, 2.05) is 18.3 Å². The van der Waals surface area contributed by atoms with Crippen LogP contribution in [0.4, 0.5) is 16.6 Å². The SMILES string of the molecule is O=C(Nc1ccc(N2CCN(c3nncs3)CC2)cn1)C1CC1. The minimum Gasteiger partial charge on any atom is -0.367 e. The summed E-state index contributed by atoms with van der Waals surface area (Å²) in [6, 6.07) is 3.91. The number of carbonyl (C=O) groups excluding carboxylic acids is 1. The highest BCUT2D eigenvalue weighted by Crippen LogP contribution is 2.30. The van der Waals surface area contributed by atoms with E-state index in [4.69, 9.17) is 0 Å². The molecule has 0 atom stereocenters. The maximum Gasteiger partial charge on any atom is 0.228 e. The standard InChI is InChI=1S/C15H18N6OS/c22-14(11-1-2-11)18-13-4-3-12(9-16-13)20-5-7-21(8-6-20)15-19-17-10-23-15/h3-4,9-11H,1-2,5-8H2,(H,16,18,22). The molecule has 0 aromatic carbocycles. The molecule has 7 nitrogen and oxygen atoms in total. The number of amides is 1. The van der Waals surface area contributed by atoms with E-state index >= 15 is 0 Å². The fraction of sp³-hybridized carbons (Fsp3) is 0.467. The quantitative estimate of drug-likeness (QED) is 0.918. The molecule has 1 saturated carbocycles. The van der Waals surface area contributed by atoms with E-state index in [9.17, 15) is 4.79 Å². The van der Waals surface area contributed by atoms with E-state index in [1.165, 1.54) is 0 Å². The van der Waals surface area contributed by atoms with Crippen LogP contribution >= 0.6 is 11.3 Å². The van der Waals surface area contributed by atoms with Gasteiger partial charge in [0, 0.05) is 32.1 Å². The molecular formula is C15H18N6OS. The smallest absolute Gasteiger partial charge is 0.228 e. The largest absolute Gasteiger partial charge is 0.367 e.